The second-order valence-corrected chi connectivity index (χ2v) is 8.58. The standard InChI is InChI=1S/C30H33N3/c1-5-29-31-23-25(3)32(4)22-21-24(2)33(29)30(26-15-9-6-10-16-26,27-17-11-7-12-18-27)28-19-13-8-14-20-28/h6-22,25H,2,5,23H2,1,3-4H3/b22-21-,31-29?. The van der Waals surface area contributed by atoms with Gasteiger partial charge in [0.1, 0.15) is 11.4 Å². The zero-order valence-electron chi connectivity index (χ0n) is 19.9. The van der Waals surface area contributed by atoms with Crippen LogP contribution in [0.1, 0.15) is 37.0 Å². The lowest BCUT2D eigenvalue weighted by Gasteiger charge is -2.47. The highest BCUT2D eigenvalue weighted by Crippen LogP contribution is 2.45. The molecule has 4 rings (SSSR count). The molecule has 0 radical (unpaired) electrons. The zero-order chi connectivity index (χ0) is 23.3. The van der Waals surface area contributed by atoms with Gasteiger partial charge < -0.3 is 9.80 Å². The highest BCUT2D eigenvalue weighted by Gasteiger charge is 2.44. The van der Waals surface area contributed by atoms with Crippen LogP contribution in [0.5, 0.6) is 0 Å². The van der Waals surface area contributed by atoms with Crippen LogP contribution in [-0.4, -0.2) is 35.3 Å². The molecule has 33 heavy (non-hydrogen) atoms. The third-order valence-electron chi connectivity index (χ3n) is 6.51. The highest BCUT2D eigenvalue weighted by molar-refractivity contribution is 5.87. The summed E-state index contributed by atoms with van der Waals surface area (Å²) < 4.78 is 0. The third kappa shape index (κ3) is 4.23. The molecule has 1 atom stereocenters. The van der Waals surface area contributed by atoms with Crippen molar-refractivity contribution in [3.63, 3.8) is 0 Å². The minimum Gasteiger partial charge on any atom is -0.376 e. The van der Waals surface area contributed by atoms with Gasteiger partial charge in [0, 0.05) is 31.4 Å². The van der Waals surface area contributed by atoms with Gasteiger partial charge in [0.2, 0.25) is 0 Å². The van der Waals surface area contributed by atoms with E-state index in [4.69, 9.17) is 4.99 Å². The molecule has 3 aromatic rings. The highest BCUT2D eigenvalue weighted by atomic mass is 15.3. The van der Waals surface area contributed by atoms with Crippen molar-refractivity contribution in [2.75, 3.05) is 13.6 Å². The Hall–Kier alpha value is -3.59. The molecule has 0 saturated carbocycles. The fraction of sp³-hybridized carbons (Fsp3) is 0.233. The van der Waals surface area contributed by atoms with Gasteiger partial charge in [0.05, 0.1) is 6.54 Å². The number of rotatable bonds is 5. The van der Waals surface area contributed by atoms with E-state index in [0.717, 1.165) is 24.5 Å². The Bertz CT molecular complexity index is 1020. The summed E-state index contributed by atoms with van der Waals surface area (Å²) in [6, 6.07) is 32.5. The van der Waals surface area contributed by atoms with E-state index in [2.05, 4.69) is 141 Å². The molecule has 3 nitrogen and oxygen atoms in total. The predicted octanol–water partition coefficient (Wildman–Crippen LogP) is 6.45. The predicted molar refractivity (Wildman–Crippen MR) is 139 cm³/mol. The lowest BCUT2D eigenvalue weighted by molar-refractivity contribution is 0.327. The first-order valence-electron chi connectivity index (χ1n) is 11.7. The van der Waals surface area contributed by atoms with E-state index >= 15 is 0 Å². The van der Waals surface area contributed by atoms with Crippen LogP contribution in [0.2, 0.25) is 0 Å². The summed E-state index contributed by atoms with van der Waals surface area (Å²) >= 11 is 0. The summed E-state index contributed by atoms with van der Waals surface area (Å²) in [6.07, 6.45) is 5.05. The summed E-state index contributed by atoms with van der Waals surface area (Å²) in [5.41, 5.74) is 3.83. The molecule has 0 bridgehead atoms. The largest absolute Gasteiger partial charge is 0.376 e. The van der Waals surface area contributed by atoms with Crippen molar-refractivity contribution in [1.82, 2.24) is 9.80 Å². The molecule has 1 aliphatic rings. The molecule has 3 heteroatoms. The molecule has 0 aliphatic carbocycles. The van der Waals surface area contributed by atoms with Gasteiger partial charge in [-0.25, -0.2) is 0 Å². The lowest BCUT2D eigenvalue weighted by Crippen LogP contribution is -2.50. The summed E-state index contributed by atoms with van der Waals surface area (Å²) in [4.78, 5) is 9.73. The molecule has 0 spiro atoms. The number of likely N-dealkylation sites (N-methyl/N-ethyl adjacent to an activating group) is 1. The van der Waals surface area contributed by atoms with Crippen LogP contribution in [0.3, 0.4) is 0 Å². The van der Waals surface area contributed by atoms with Crippen molar-refractivity contribution in [2.24, 2.45) is 4.99 Å². The lowest BCUT2D eigenvalue weighted by atomic mass is 9.75. The number of hydrogen-bond acceptors (Lipinski definition) is 3. The van der Waals surface area contributed by atoms with Gasteiger partial charge in [0.25, 0.3) is 0 Å². The summed E-state index contributed by atoms with van der Waals surface area (Å²) in [6.45, 7) is 9.68. The number of aliphatic imine (C=N–C) groups is 1. The number of nitrogens with zero attached hydrogens (tertiary/aromatic N) is 3. The Morgan fingerprint density at radius 2 is 1.30 bits per heavy atom. The van der Waals surface area contributed by atoms with Gasteiger partial charge in [-0.3, -0.25) is 4.99 Å². The number of hydrogen-bond donors (Lipinski definition) is 0. The minimum atomic E-state index is -0.619. The average Bonchev–Trinajstić information content (AvgIpc) is 2.92. The molecule has 168 valence electrons. The van der Waals surface area contributed by atoms with Crippen molar-refractivity contribution in [2.45, 2.75) is 31.8 Å². The molecule has 0 fully saturated rings. The first-order valence-corrected chi connectivity index (χ1v) is 11.7. The first-order chi connectivity index (χ1) is 16.1. The number of amidine groups is 1. The van der Waals surface area contributed by atoms with Crippen LogP contribution in [-0.2, 0) is 5.54 Å². The molecular weight excluding hydrogens is 402 g/mol. The molecule has 1 unspecified atom stereocenters. The SMILES string of the molecule is C=C1/C=C\N(C)C(C)CN=C(CC)N1C(c1ccccc1)(c1ccccc1)c1ccccc1. The summed E-state index contributed by atoms with van der Waals surface area (Å²) in [7, 11) is 2.10. The second kappa shape index (κ2) is 9.91. The van der Waals surface area contributed by atoms with E-state index in [0.29, 0.717) is 6.04 Å². The molecule has 0 aromatic heterocycles. The molecule has 3 aromatic carbocycles. The number of allylic oxidation sites excluding steroid dienone is 1. The maximum atomic E-state index is 5.17. The van der Waals surface area contributed by atoms with Crippen molar-refractivity contribution in [3.8, 4) is 0 Å². The zero-order valence-corrected chi connectivity index (χ0v) is 19.9. The van der Waals surface area contributed by atoms with Gasteiger partial charge in [-0.15, -0.1) is 0 Å². The van der Waals surface area contributed by atoms with Crippen LogP contribution >= 0.6 is 0 Å². The van der Waals surface area contributed by atoms with Gasteiger partial charge in [-0.2, -0.15) is 0 Å². The Balaban J connectivity index is 2.11. The summed E-state index contributed by atoms with van der Waals surface area (Å²) in [5, 5.41) is 0. The van der Waals surface area contributed by atoms with Crippen LogP contribution < -0.4 is 0 Å². The average molecular weight is 436 g/mol. The monoisotopic (exact) mass is 435 g/mol. The van der Waals surface area contributed by atoms with Crippen molar-refractivity contribution in [1.29, 1.82) is 0 Å². The maximum Gasteiger partial charge on any atom is 0.122 e. The van der Waals surface area contributed by atoms with Crippen LogP contribution in [0.15, 0.2) is 121 Å². The minimum absolute atomic E-state index is 0.301. The van der Waals surface area contributed by atoms with E-state index < -0.39 is 5.54 Å². The fourth-order valence-electron chi connectivity index (χ4n) is 4.63. The van der Waals surface area contributed by atoms with Crippen molar-refractivity contribution < 1.29 is 0 Å². The molecule has 0 saturated heterocycles. The topological polar surface area (TPSA) is 18.8 Å². The molecule has 0 amide bonds. The Labute approximate surface area is 198 Å². The van der Waals surface area contributed by atoms with E-state index in [9.17, 15) is 0 Å². The van der Waals surface area contributed by atoms with Gasteiger partial charge >= 0.3 is 0 Å². The summed E-state index contributed by atoms with van der Waals surface area (Å²) in [5.74, 6) is 1.03. The van der Waals surface area contributed by atoms with E-state index in [1.165, 1.54) is 16.7 Å². The van der Waals surface area contributed by atoms with Gasteiger partial charge in [-0.05, 0) is 29.7 Å². The smallest absolute Gasteiger partial charge is 0.122 e. The van der Waals surface area contributed by atoms with E-state index in [1.54, 1.807) is 0 Å². The second-order valence-electron chi connectivity index (χ2n) is 8.58. The Kier molecular flexibility index (Phi) is 6.79. The molecular formula is C30H33N3. The van der Waals surface area contributed by atoms with Crippen LogP contribution in [0, 0.1) is 0 Å². The quantitative estimate of drug-likeness (QED) is 0.429. The Morgan fingerprint density at radius 3 is 1.73 bits per heavy atom. The van der Waals surface area contributed by atoms with E-state index in [1.807, 2.05) is 0 Å². The molecule has 1 aliphatic heterocycles. The fourth-order valence-corrected chi connectivity index (χ4v) is 4.63. The van der Waals surface area contributed by atoms with Crippen molar-refractivity contribution in [3.05, 3.63) is 132 Å². The normalized spacial score (nSPS) is 18.2. The van der Waals surface area contributed by atoms with Crippen LogP contribution in [0.25, 0.3) is 0 Å². The molecule has 0 N–H and O–H groups in total. The Morgan fingerprint density at radius 1 is 0.848 bits per heavy atom. The first kappa shape index (κ1) is 22.6. The van der Waals surface area contributed by atoms with Gasteiger partial charge in [-0.1, -0.05) is 104 Å². The molecule has 1 heterocycles. The number of benzene rings is 3. The van der Waals surface area contributed by atoms with Gasteiger partial charge in [0.15, 0.2) is 0 Å². The van der Waals surface area contributed by atoms with Crippen LogP contribution in [0.4, 0.5) is 0 Å². The third-order valence-corrected chi connectivity index (χ3v) is 6.51. The maximum absolute atomic E-state index is 5.17. The van der Waals surface area contributed by atoms with E-state index in [-0.39, 0.29) is 0 Å². The van der Waals surface area contributed by atoms with Crippen molar-refractivity contribution >= 4 is 5.84 Å².